The molecule has 0 radical (unpaired) electrons. The maximum Gasteiger partial charge on any atom is 0.271 e. The van der Waals surface area contributed by atoms with Gasteiger partial charge >= 0.3 is 0 Å². The minimum absolute atomic E-state index is 0.0232. The van der Waals surface area contributed by atoms with E-state index in [9.17, 15) is 24.0 Å². The number of rotatable bonds is 6. The first-order valence-electron chi connectivity index (χ1n) is 10.6. The zero-order valence-electron chi connectivity index (χ0n) is 18.3. The van der Waals surface area contributed by atoms with Crippen molar-refractivity contribution in [2.45, 2.75) is 25.4 Å². The minimum atomic E-state index is -0.820. The first-order chi connectivity index (χ1) is 16.4. The molecule has 1 unspecified atom stereocenters. The van der Waals surface area contributed by atoms with Gasteiger partial charge < -0.3 is 10.2 Å². The molecule has 4 amide bonds. The lowest BCUT2D eigenvalue weighted by atomic mass is 9.99. The number of hydrogen-bond acceptors (Lipinski definition) is 7. The van der Waals surface area contributed by atoms with Gasteiger partial charge in [0, 0.05) is 25.6 Å². The summed E-state index contributed by atoms with van der Waals surface area (Å²) in [6.07, 6.45) is 2.24. The van der Waals surface area contributed by atoms with E-state index in [0.29, 0.717) is 22.9 Å². The molecule has 1 aliphatic rings. The molecule has 2 N–H and O–H groups in total. The maximum atomic E-state index is 13.1. The van der Waals surface area contributed by atoms with Crippen molar-refractivity contribution < 1.29 is 24.0 Å². The van der Waals surface area contributed by atoms with Gasteiger partial charge in [0.15, 0.2) is 6.29 Å². The molecule has 1 aromatic heterocycles. The van der Waals surface area contributed by atoms with Crippen LogP contribution >= 0.6 is 0 Å². The molecule has 2 aromatic carbocycles. The number of aldehydes is 1. The predicted octanol–water partition coefficient (Wildman–Crippen LogP) is 1.25. The van der Waals surface area contributed by atoms with Crippen molar-refractivity contribution in [2.24, 2.45) is 0 Å². The Morgan fingerprint density at radius 1 is 1.15 bits per heavy atom. The topological polar surface area (TPSA) is 138 Å². The fourth-order valence-electron chi connectivity index (χ4n) is 3.81. The molecular formula is C24H21N5O5. The largest absolute Gasteiger partial charge is 0.347 e. The van der Waals surface area contributed by atoms with Gasteiger partial charge in [0.25, 0.3) is 11.8 Å². The van der Waals surface area contributed by atoms with Crippen LogP contribution in [0.5, 0.6) is 0 Å². The molecule has 1 fully saturated rings. The Hall–Kier alpha value is -4.47. The second-order valence-corrected chi connectivity index (χ2v) is 7.81. The third kappa shape index (κ3) is 4.51. The van der Waals surface area contributed by atoms with Crippen molar-refractivity contribution in [1.82, 2.24) is 25.5 Å². The summed E-state index contributed by atoms with van der Waals surface area (Å²) in [5.41, 5.74) is 1.99. The van der Waals surface area contributed by atoms with Gasteiger partial charge in [-0.2, -0.15) is 0 Å². The molecule has 0 aliphatic carbocycles. The molecule has 4 rings (SSSR count). The second kappa shape index (κ2) is 9.57. The van der Waals surface area contributed by atoms with Crippen LogP contribution in [-0.4, -0.2) is 57.9 Å². The summed E-state index contributed by atoms with van der Waals surface area (Å²) in [6, 6.07) is 11.0. The van der Waals surface area contributed by atoms with Crippen LogP contribution in [0.15, 0.2) is 48.7 Å². The zero-order chi connectivity index (χ0) is 24.2. The highest BCUT2D eigenvalue weighted by molar-refractivity contribution is 6.06. The summed E-state index contributed by atoms with van der Waals surface area (Å²) < 4.78 is 0. The van der Waals surface area contributed by atoms with Crippen molar-refractivity contribution in [2.75, 3.05) is 7.05 Å². The second-order valence-electron chi connectivity index (χ2n) is 7.81. The van der Waals surface area contributed by atoms with Gasteiger partial charge in [0.2, 0.25) is 11.8 Å². The smallest absolute Gasteiger partial charge is 0.271 e. The van der Waals surface area contributed by atoms with Crippen LogP contribution in [0.3, 0.4) is 0 Å². The predicted molar refractivity (Wildman–Crippen MR) is 121 cm³/mol. The quantitative estimate of drug-likeness (QED) is 0.418. The fourth-order valence-corrected chi connectivity index (χ4v) is 3.81. The highest BCUT2D eigenvalue weighted by Crippen LogP contribution is 2.19. The van der Waals surface area contributed by atoms with E-state index in [2.05, 4.69) is 20.6 Å². The number of carbonyl (C=O) groups excluding carboxylic acids is 5. The number of piperidine rings is 1. The molecular weight excluding hydrogens is 438 g/mol. The Bertz CT molecular complexity index is 1320. The van der Waals surface area contributed by atoms with E-state index < -0.39 is 23.8 Å². The first kappa shape index (κ1) is 22.7. The van der Waals surface area contributed by atoms with E-state index in [1.165, 1.54) is 24.2 Å². The molecule has 0 bridgehead atoms. The Balaban J connectivity index is 1.51. The average molecular weight is 459 g/mol. The van der Waals surface area contributed by atoms with Crippen LogP contribution in [0, 0.1) is 0 Å². The van der Waals surface area contributed by atoms with Crippen LogP contribution in [0.1, 0.15) is 49.6 Å². The fraction of sp³-hybridized carbons (Fsp3) is 0.208. The highest BCUT2D eigenvalue weighted by atomic mass is 16.2. The monoisotopic (exact) mass is 459 g/mol. The molecule has 10 nitrogen and oxygen atoms in total. The van der Waals surface area contributed by atoms with Gasteiger partial charge in [-0.05, 0) is 30.2 Å². The maximum absolute atomic E-state index is 13.1. The Morgan fingerprint density at radius 3 is 2.65 bits per heavy atom. The number of carbonyl (C=O) groups is 5. The number of imide groups is 1. The summed E-state index contributed by atoms with van der Waals surface area (Å²) in [4.78, 5) is 70.9. The normalized spacial score (nSPS) is 15.5. The van der Waals surface area contributed by atoms with Crippen LogP contribution in [0.2, 0.25) is 0 Å². The van der Waals surface area contributed by atoms with E-state index in [0.717, 1.165) is 0 Å². The lowest BCUT2D eigenvalue weighted by Crippen LogP contribution is -2.53. The molecule has 0 saturated carbocycles. The van der Waals surface area contributed by atoms with Crippen LogP contribution in [-0.2, 0) is 16.1 Å². The standard InChI is InChI=1S/C24H21N5O5/c1-29(20-9-10-21(31)28-23(20)33)24(34)15-6-4-5-14(16(15)13-30)11-26-22(32)19-12-25-17-7-2-3-8-18(17)27-19/h2-8,12-13,20H,9-11H2,1H3,(H,26,32)(H,28,31,33). The van der Waals surface area contributed by atoms with Gasteiger partial charge in [-0.3, -0.25) is 34.3 Å². The summed E-state index contributed by atoms with van der Waals surface area (Å²) in [5, 5.41) is 4.91. The van der Waals surface area contributed by atoms with E-state index in [-0.39, 0.29) is 42.1 Å². The lowest BCUT2D eigenvalue weighted by molar-refractivity contribution is -0.136. The molecule has 10 heteroatoms. The number of para-hydroxylation sites is 2. The van der Waals surface area contributed by atoms with E-state index >= 15 is 0 Å². The van der Waals surface area contributed by atoms with Gasteiger partial charge in [0.05, 0.1) is 22.8 Å². The summed E-state index contributed by atoms with van der Waals surface area (Å²) >= 11 is 0. The highest BCUT2D eigenvalue weighted by Gasteiger charge is 2.33. The lowest BCUT2D eigenvalue weighted by Gasteiger charge is -2.30. The zero-order valence-corrected chi connectivity index (χ0v) is 18.3. The Kier molecular flexibility index (Phi) is 6.39. The van der Waals surface area contributed by atoms with Crippen LogP contribution < -0.4 is 10.6 Å². The number of aromatic nitrogens is 2. The summed E-state index contributed by atoms with van der Waals surface area (Å²) in [7, 11) is 1.45. The van der Waals surface area contributed by atoms with Crippen molar-refractivity contribution >= 4 is 40.9 Å². The van der Waals surface area contributed by atoms with Crippen LogP contribution in [0.4, 0.5) is 0 Å². The number of nitrogens with one attached hydrogen (secondary N) is 2. The molecule has 34 heavy (non-hydrogen) atoms. The summed E-state index contributed by atoms with van der Waals surface area (Å²) in [5.74, 6) is -1.96. The average Bonchev–Trinajstić information content (AvgIpc) is 2.85. The Morgan fingerprint density at radius 2 is 1.91 bits per heavy atom. The van der Waals surface area contributed by atoms with Gasteiger partial charge in [-0.1, -0.05) is 24.3 Å². The van der Waals surface area contributed by atoms with Crippen molar-refractivity contribution in [1.29, 1.82) is 0 Å². The molecule has 0 spiro atoms. The minimum Gasteiger partial charge on any atom is -0.347 e. The van der Waals surface area contributed by atoms with Crippen molar-refractivity contribution in [3.05, 3.63) is 71.0 Å². The van der Waals surface area contributed by atoms with Gasteiger partial charge in [0.1, 0.15) is 11.7 Å². The molecule has 1 aliphatic heterocycles. The van der Waals surface area contributed by atoms with Crippen LogP contribution in [0.25, 0.3) is 11.0 Å². The first-order valence-corrected chi connectivity index (χ1v) is 10.6. The molecule has 3 aromatic rings. The van der Waals surface area contributed by atoms with Crippen molar-refractivity contribution in [3.8, 4) is 0 Å². The molecule has 1 atom stereocenters. The molecule has 1 saturated heterocycles. The number of amides is 4. The number of likely N-dealkylation sites (N-methyl/N-ethyl adjacent to an activating group) is 1. The van der Waals surface area contributed by atoms with E-state index in [1.807, 2.05) is 6.07 Å². The van der Waals surface area contributed by atoms with E-state index in [1.54, 1.807) is 30.3 Å². The summed E-state index contributed by atoms with van der Waals surface area (Å²) in [6.45, 7) is -0.0232. The molecule has 172 valence electrons. The number of fused-ring (bicyclic) bond motifs is 1. The Labute approximate surface area is 194 Å². The number of hydrogen-bond donors (Lipinski definition) is 2. The van der Waals surface area contributed by atoms with Gasteiger partial charge in [-0.25, -0.2) is 4.98 Å². The number of nitrogens with zero attached hydrogens (tertiary/aromatic N) is 3. The van der Waals surface area contributed by atoms with E-state index in [4.69, 9.17) is 0 Å². The molecule has 2 heterocycles. The third-order valence-electron chi connectivity index (χ3n) is 5.66. The third-order valence-corrected chi connectivity index (χ3v) is 5.66. The SMILES string of the molecule is CN(C(=O)c1cccc(CNC(=O)c2cnc3ccccc3n2)c1C=O)C1CCC(=O)NC1=O. The number of benzene rings is 2. The van der Waals surface area contributed by atoms with Crippen molar-refractivity contribution in [3.63, 3.8) is 0 Å². The van der Waals surface area contributed by atoms with Gasteiger partial charge in [-0.15, -0.1) is 0 Å².